The van der Waals surface area contributed by atoms with Crippen molar-refractivity contribution in [3.63, 3.8) is 0 Å². The maximum atomic E-state index is 14.2. The van der Waals surface area contributed by atoms with Gasteiger partial charge in [0.15, 0.2) is 0 Å². The summed E-state index contributed by atoms with van der Waals surface area (Å²) in [4.78, 5) is 12.9. The summed E-state index contributed by atoms with van der Waals surface area (Å²) in [6, 6.07) is 17.0. The molecule has 0 bridgehead atoms. The molecule has 0 saturated carbocycles. The highest BCUT2D eigenvalue weighted by molar-refractivity contribution is 5.88. The normalized spacial score (nSPS) is 11.6. The van der Waals surface area contributed by atoms with Crippen LogP contribution in [-0.2, 0) is 18.5 Å². The molecular weight excluding hydrogens is 523 g/mol. The Kier molecular flexibility index (Phi) is 7.76. The summed E-state index contributed by atoms with van der Waals surface area (Å²) in [5, 5.41) is 24.5. The van der Waals surface area contributed by atoms with Crippen LogP contribution >= 0.6 is 0 Å². The van der Waals surface area contributed by atoms with Crippen LogP contribution in [0.25, 0.3) is 16.6 Å². The molecule has 5 aromatic rings. The molecule has 2 heterocycles. The fourth-order valence-corrected chi connectivity index (χ4v) is 4.68. The Bertz CT molecular complexity index is 1700. The van der Waals surface area contributed by atoms with Crippen LogP contribution in [0.2, 0.25) is 0 Å². The maximum absolute atomic E-state index is 14.2. The van der Waals surface area contributed by atoms with Gasteiger partial charge in [-0.15, -0.1) is 0 Å². The standard InChI is InChI=1S/C31H33FN6O3/c1-20-5-8-27(25(15-20)31(2,3)4)38-29(11-12-34-38)36-30(40)33-18-22-16-23(32)6-10-28(22)41-24-7-9-26-21(17-24)19-35-37(26)13-14-39/h5-12,15-17,19,39H,13-14,18H2,1-4H3,(H2,33,36,40). The fraction of sp³-hybridized carbons (Fsp3) is 0.258. The van der Waals surface area contributed by atoms with Crippen LogP contribution in [0, 0.1) is 12.7 Å². The summed E-state index contributed by atoms with van der Waals surface area (Å²) in [5.74, 6) is 1.01. The number of nitrogens with zero attached hydrogens (tertiary/aromatic N) is 4. The van der Waals surface area contributed by atoms with Crippen LogP contribution < -0.4 is 15.4 Å². The number of ether oxygens (including phenoxy) is 1. The van der Waals surface area contributed by atoms with Gasteiger partial charge in [-0.3, -0.25) is 10.00 Å². The minimum atomic E-state index is -0.468. The molecule has 0 atom stereocenters. The van der Waals surface area contributed by atoms with Crippen molar-refractivity contribution in [3.05, 3.63) is 95.6 Å². The molecule has 0 spiro atoms. The molecule has 0 fully saturated rings. The largest absolute Gasteiger partial charge is 0.457 e. The number of urea groups is 1. The van der Waals surface area contributed by atoms with Gasteiger partial charge in [0.2, 0.25) is 0 Å². The summed E-state index contributed by atoms with van der Waals surface area (Å²) in [6.07, 6.45) is 3.33. The summed E-state index contributed by atoms with van der Waals surface area (Å²) >= 11 is 0. The van der Waals surface area contributed by atoms with E-state index in [-0.39, 0.29) is 18.6 Å². The third-order valence-corrected chi connectivity index (χ3v) is 6.69. The first-order chi connectivity index (χ1) is 19.6. The zero-order valence-electron chi connectivity index (χ0n) is 23.5. The quantitative estimate of drug-likeness (QED) is 0.215. The van der Waals surface area contributed by atoms with Gasteiger partial charge in [0.1, 0.15) is 23.1 Å². The van der Waals surface area contributed by atoms with Gasteiger partial charge >= 0.3 is 6.03 Å². The van der Waals surface area contributed by atoms with Gasteiger partial charge in [-0.1, -0.05) is 38.5 Å². The number of aromatic nitrogens is 4. The lowest BCUT2D eigenvalue weighted by Crippen LogP contribution is -2.29. The van der Waals surface area contributed by atoms with Crippen molar-refractivity contribution >= 4 is 22.8 Å². The van der Waals surface area contributed by atoms with Crippen LogP contribution in [0.5, 0.6) is 11.5 Å². The van der Waals surface area contributed by atoms with Crippen molar-refractivity contribution in [3.8, 4) is 17.2 Å². The number of hydrogen-bond acceptors (Lipinski definition) is 5. The van der Waals surface area contributed by atoms with Gasteiger partial charge in [-0.05, 0) is 60.4 Å². The Balaban J connectivity index is 1.30. The number of hydrogen-bond donors (Lipinski definition) is 3. The van der Waals surface area contributed by atoms with E-state index < -0.39 is 11.8 Å². The number of nitrogens with one attached hydrogen (secondary N) is 2. The van der Waals surface area contributed by atoms with E-state index in [0.29, 0.717) is 29.4 Å². The second-order valence-corrected chi connectivity index (χ2v) is 10.9. The number of halogens is 1. The third-order valence-electron chi connectivity index (χ3n) is 6.69. The molecule has 0 radical (unpaired) electrons. The minimum Gasteiger partial charge on any atom is -0.457 e. The van der Waals surface area contributed by atoms with Crippen molar-refractivity contribution in [2.45, 2.75) is 46.2 Å². The zero-order chi connectivity index (χ0) is 29.1. The highest BCUT2D eigenvalue weighted by atomic mass is 19.1. The average Bonchev–Trinajstić information content (AvgIpc) is 3.55. The van der Waals surface area contributed by atoms with E-state index in [2.05, 4.69) is 47.7 Å². The number of aryl methyl sites for hydroxylation is 1. The molecule has 0 saturated heterocycles. The van der Waals surface area contributed by atoms with Gasteiger partial charge in [-0.25, -0.2) is 13.9 Å². The smallest absolute Gasteiger partial charge is 0.320 e. The molecule has 41 heavy (non-hydrogen) atoms. The molecule has 9 nitrogen and oxygen atoms in total. The molecule has 0 aliphatic carbocycles. The Morgan fingerprint density at radius 2 is 1.88 bits per heavy atom. The molecule has 0 aliphatic rings. The lowest BCUT2D eigenvalue weighted by molar-refractivity contribution is 0.251. The third kappa shape index (κ3) is 6.22. The van der Waals surface area contributed by atoms with E-state index in [1.54, 1.807) is 33.9 Å². The number of anilines is 1. The summed E-state index contributed by atoms with van der Waals surface area (Å²) in [6.45, 7) is 8.86. The monoisotopic (exact) mass is 556 g/mol. The summed E-state index contributed by atoms with van der Waals surface area (Å²) in [5.41, 5.74) is 4.32. The van der Waals surface area contributed by atoms with Crippen molar-refractivity contribution in [2.24, 2.45) is 0 Å². The maximum Gasteiger partial charge on any atom is 0.320 e. The fourth-order valence-electron chi connectivity index (χ4n) is 4.68. The van der Waals surface area contributed by atoms with Gasteiger partial charge < -0.3 is 15.2 Å². The molecular formula is C31H33FN6O3. The number of aliphatic hydroxyl groups excluding tert-OH is 1. The predicted molar refractivity (Wildman–Crippen MR) is 156 cm³/mol. The van der Waals surface area contributed by atoms with Gasteiger partial charge in [-0.2, -0.15) is 10.2 Å². The summed E-state index contributed by atoms with van der Waals surface area (Å²) < 4.78 is 23.7. The average molecular weight is 557 g/mol. The minimum absolute atomic E-state index is 0.0131. The van der Waals surface area contributed by atoms with E-state index in [0.717, 1.165) is 27.7 Å². The number of rotatable bonds is 8. The van der Waals surface area contributed by atoms with E-state index in [1.807, 2.05) is 31.2 Å². The molecule has 0 unspecified atom stereocenters. The molecule has 5 rings (SSSR count). The first-order valence-electron chi connectivity index (χ1n) is 13.4. The van der Waals surface area contributed by atoms with E-state index in [4.69, 9.17) is 4.74 Å². The first-order valence-corrected chi connectivity index (χ1v) is 13.4. The highest BCUT2D eigenvalue weighted by Crippen LogP contribution is 2.31. The van der Waals surface area contributed by atoms with Crippen molar-refractivity contribution in [2.75, 3.05) is 11.9 Å². The molecule has 3 N–H and O–H groups in total. The lowest BCUT2D eigenvalue weighted by atomic mass is 9.85. The molecule has 2 aromatic heterocycles. The van der Waals surface area contributed by atoms with E-state index in [1.165, 1.54) is 18.2 Å². The van der Waals surface area contributed by atoms with Crippen LogP contribution in [0.4, 0.5) is 15.0 Å². The molecule has 3 aromatic carbocycles. The number of benzene rings is 3. The second kappa shape index (κ2) is 11.4. The van der Waals surface area contributed by atoms with Gasteiger partial charge in [0.25, 0.3) is 0 Å². The lowest BCUT2D eigenvalue weighted by Gasteiger charge is -2.24. The van der Waals surface area contributed by atoms with Crippen LogP contribution in [0.15, 0.2) is 73.1 Å². The Labute approximate surface area is 237 Å². The van der Waals surface area contributed by atoms with Gasteiger partial charge in [0, 0.05) is 23.6 Å². The number of carbonyl (C=O) groups is 1. The topological polar surface area (TPSA) is 106 Å². The van der Waals surface area contributed by atoms with Crippen molar-refractivity contribution in [1.82, 2.24) is 24.9 Å². The van der Waals surface area contributed by atoms with E-state index in [9.17, 15) is 14.3 Å². The first kappa shape index (κ1) is 27.9. The van der Waals surface area contributed by atoms with Crippen LogP contribution in [0.1, 0.15) is 37.5 Å². The number of fused-ring (bicyclic) bond motifs is 1. The number of amides is 2. The van der Waals surface area contributed by atoms with Crippen LogP contribution in [-0.4, -0.2) is 37.3 Å². The number of carbonyl (C=O) groups excluding carboxylic acids is 1. The highest BCUT2D eigenvalue weighted by Gasteiger charge is 2.21. The van der Waals surface area contributed by atoms with Crippen LogP contribution in [0.3, 0.4) is 0 Å². The SMILES string of the molecule is Cc1ccc(-n2nccc2NC(=O)NCc2cc(F)ccc2Oc2ccc3c(cnn3CCO)c2)c(C(C)(C)C)c1. The second-order valence-electron chi connectivity index (χ2n) is 10.9. The molecule has 10 heteroatoms. The van der Waals surface area contributed by atoms with Crippen molar-refractivity contribution < 1.29 is 19.0 Å². The molecule has 2 amide bonds. The Morgan fingerprint density at radius 1 is 1.05 bits per heavy atom. The molecule has 0 aliphatic heterocycles. The van der Waals surface area contributed by atoms with E-state index >= 15 is 0 Å². The predicted octanol–water partition coefficient (Wildman–Crippen LogP) is 6.07. The zero-order valence-corrected chi connectivity index (χ0v) is 23.5. The Morgan fingerprint density at radius 3 is 2.66 bits per heavy atom. The van der Waals surface area contributed by atoms with Crippen molar-refractivity contribution in [1.29, 1.82) is 0 Å². The molecule has 212 valence electrons. The number of aliphatic hydroxyl groups is 1. The van der Waals surface area contributed by atoms with Gasteiger partial charge in [0.05, 0.1) is 36.7 Å². The Hall–Kier alpha value is -4.70. The summed E-state index contributed by atoms with van der Waals surface area (Å²) in [7, 11) is 0.